The summed E-state index contributed by atoms with van der Waals surface area (Å²) in [5.41, 5.74) is 0.557. The fourth-order valence-electron chi connectivity index (χ4n) is 1.55. The zero-order valence-electron chi connectivity index (χ0n) is 11.6. The highest BCUT2D eigenvalue weighted by Crippen LogP contribution is 2.12. The minimum absolute atomic E-state index is 0.00453. The third-order valence-corrected chi connectivity index (χ3v) is 2.52. The molecule has 1 aromatic rings. The molecule has 0 aliphatic carbocycles. The Bertz CT molecular complexity index is 443. The van der Waals surface area contributed by atoms with Gasteiger partial charge in [-0.05, 0) is 12.0 Å². The van der Waals surface area contributed by atoms with Gasteiger partial charge in [-0.1, -0.05) is 13.8 Å². The molecular formula is C13H19N3O3. The molecule has 1 rings (SSSR count). The number of rotatable bonds is 5. The van der Waals surface area contributed by atoms with Crippen LogP contribution in [0.5, 0.6) is 5.88 Å². The van der Waals surface area contributed by atoms with Crippen LogP contribution in [-0.2, 0) is 9.59 Å². The Balaban J connectivity index is 2.72. The molecule has 0 bridgehead atoms. The fraction of sp³-hybridized carbons (Fsp3) is 0.462. The Morgan fingerprint density at radius 2 is 2.00 bits per heavy atom. The monoisotopic (exact) mass is 265 g/mol. The number of hydrogen-bond donors (Lipinski definition) is 2. The highest BCUT2D eigenvalue weighted by Gasteiger charge is 2.22. The van der Waals surface area contributed by atoms with Crippen molar-refractivity contribution >= 4 is 17.5 Å². The smallest absolute Gasteiger partial charge is 0.247 e. The summed E-state index contributed by atoms with van der Waals surface area (Å²) in [4.78, 5) is 27.1. The maximum atomic E-state index is 12.1. The highest BCUT2D eigenvalue weighted by atomic mass is 16.5. The zero-order chi connectivity index (χ0) is 14.4. The Labute approximate surface area is 112 Å². The number of hydrogen-bond acceptors (Lipinski definition) is 4. The quantitative estimate of drug-likeness (QED) is 0.838. The first kappa shape index (κ1) is 14.9. The molecule has 2 N–H and O–H groups in total. The second-order valence-corrected chi connectivity index (χ2v) is 4.50. The largest absolute Gasteiger partial charge is 0.481 e. The number of aromatic nitrogens is 1. The topological polar surface area (TPSA) is 80.3 Å². The van der Waals surface area contributed by atoms with E-state index < -0.39 is 6.04 Å². The van der Waals surface area contributed by atoms with Crippen LogP contribution < -0.4 is 15.4 Å². The fourth-order valence-corrected chi connectivity index (χ4v) is 1.55. The highest BCUT2D eigenvalue weighted by molar-refractivity contribution is 5.97. The molecule has 1 unspecified atom stereocenters. The maximum absolute atomic E-state index is 12.1. The van der Waals surface area contributed by atoms with Gasteiger partial charge in [0.15, 0.2) is 0 Å². The summed E-state index contributed by atoms with van der Waals surface area (Å²) < 4.78 is 4.93. The van der Waals surface area contributed by atoms with Crippen molar-refractivity contribution in [3.63, 3.8) is 0 Å². The third kappa shape index (κ3) is 4.57. The Kier molecular flexibility index (Phi) is 5.29. The van der Waals surface area contributed by atoms with E-state index in [4.69, 9.17) is 4.74 Å². The molecule has 0 aromatic carbocycles. The molecule has 1 aromatic heterocycles. The number of carbonyl (C=O) groups is 2. The molecule has 6 nitrogen and oxygen atoms in total. The number of nitrogens with one attached hydrogen (secondary N) is 2. The molecule has 0 fully saturated rings. The van der Waals surface area contributed by atoms with Gasteiger partial charge < -0.3 is 15.4 Å². The molecule has 2 amide bonds. The van der Waals surface area contributed by atoms with Crippen molar-refractivity contribution in [1.82, 2.24) is 10.3 Å². The first-order valence-electron chi connectivity index (χ1n) is 6.02. The second-order valence-electron chi connectivity index (χ2n) is 4.50. The number of methoxy groups -OCH3 is 1. The van der Waals surface area contributed by atoms with E-state index in [1.165, 1.54) is 20.2 Å². The van der Waals surface area contributed by atoms with E-state index in [0.29, 0.717) is 11.6 Å². The van der Waals surface area contributed by atoms with Gasteiger partial charge >= 0.3 is 0 Å². The molecule has 0 spiro atoms. The SMILES string of the molecule is COc1ccc(NC(=O)C(NC(C)=O)C(C)C)cn1. The van der Waals surface area contributed by atoms with E-state index in [2.05, 4.69) is 15.6 Å². The van der Waals surface area contributed by atoms with Crippen LogP contribution in [0.3, 0.4) is 0 Å². The second kappa shape index (κ2) is 6.72. The molecule has 0 aliphatic heterocycles. The van der Waals surface area contributed by atoms with E-state index in [1.807, 2.05) is 13.8 Å². The summed E-state index contributed by atoms with van der Waals surface area (Å²) in [6.45, 7) is 5.12. The lowest BCUT2D eigenvalue weighted by atomic mass is 10.0. The first-order chi connectivity index (χ1) is 8.93. The van der Waals surface area contributed by atoms with Gasteiger partial charge in [0.2, 0.25) is 17.7 Å². The summed E-state index contributed by atoms with van der Waals surface area (Å²) in [5, 5.41) is 5.33. The standard InChI is InChI=1S/C13H19N3O3/c1-8(2)12(15-9(3)17)13(18)16-10-5-6-11(19-4)14-7-10/h5-8,12H,1-4H3,(H,15,17)(H,16,18). The van der Waals surface area contributed by atoms with Gasteiger partial charge in [-0.15, -0.1) is 0 Å². The first-order valence-corrected chi connectivity index (χ1v) is 6.02. The molecule has 1 heterocycles. The van der Waals surface area contributed by atoms with E-state index >= 15 is 0 Å². The summed E-state index contributed by atoms with van der Waals surface area (Å²) in [7, 11) is 1.52. The van der Waals surface area contributed by atoms with Crippen LogP contribution in [-0.4, -0.2) is 29.9 Å². The third-order valence-electron chi connectivity index (χ3n) is 2.52. The minimum atomic E-state index is -0.570. The van der Waals surface area contributed by atoms with Crippen LogP contribution in [0.2, 0.25) is 0 Å². The molecule has 19 heavy (non-hydrogen) atoms. The number of pyridine rings is 1. The Morgan fingerprint density at radius 3 is 2.42 bits per heavy atom. The average molecular weight is 265 g/mol. The van der Waals surface area contributed by atoms with Gasteiger partial charge in [-0.25, -0.2) is 4.98 Å². The zero-order valence-corrected chi connectivity index (χ0v) is 11.6. The Morgan fingerprint density at radius 1 is 1.32 bits per heavy atom. The maximum Gasteiger partial charge on any atom is 0.247 e. The van der Waals surface area contributed by atoms with Crippen LogP contribution in [0.15, 0.2) is 18.3 Å². The van der Waals surface area contributed by atoms with Crippen molar-refractivity contribution in [3.05, 3.63) is 18.3 Å². The lowest BCUT2D eigenvalue weighted by molar-refractivity contribution is -0.126. The molecule has 0 aliphatic rings. The van der Waals surface area contributed by atoms with E-state index in [0.717, 1.165) is 0 Å². The summed E-state index contributed by atoms with van der Waals surface area (Å²) in [6, 6.07) is 2.77. The van der Waals surface area contributed by atoms with Crippen molar-refractivity contribution in [2.24, 2.45) is 5.92 Å². The molecule has 6 heteroatoms. The normalized spacial score (nSPS) is 11.8. The summed E-state index contributed by atoms with van der Waals surface area (Å²) >= 11 is 0. The Hall–Kier alpha value is -2.11. The summed E-state index contributed by atoms with van der Waals surface area (Å²) in [5.74, 6) is -0.0331. The predicted octanol–water partition coefficient (Wildman–Crippen LogP) is 1.19. The van der Waals surface area contributed by atoms with Crippen LogP contribution in [0, 0.1) is 5.92 Å². The lowest BCUT2D eigenvalue weighted by Crippen LogP contribution is -2.46. The number of anilines is 1. The number of carbonyl (C=O) groups excluding carboxylic acids is 2. The number of ether oxygens (including phenoxy) is 1. The van der Waals surface area contributed by atoms with Crippen molar-refractivity contribution in [2.75, 3.05) is 12.4 Å². The van der Waals surface area contributed by atoms with E-state index in [1.54, 1.807) is 12.1 Å². The van der Waals surface area contributed by atoms with Gasteiger partial charge in [0.25, 0.3) is 0 Å². The van der Waals surface area contributed by atoms with Crippen LogP contribution in [0.25, 0.3) is 0 Å². The van der Waals surface area contributed by atoms with Crippen molar-refractivity contribution in [1.29, 1.82) is 0 Å². The molecule has 1 atom stereocenters. The predicted molar refractivity (Wildman–Crippen MR) is 71.9 cm³/mol. The average Bonchev–Trinajstić information content (AvgIpc) is 2.36. The molecule has 104 valence electrons. The molecule has 0 radical (unpaired) electrons. The summed E-state index contributed by atoms with van der Waals surface area (Å²) in [6.07, 6.45) is 1.50. The van der Waals surface area contributed by atoms with E-state index in [9.17, 15) is 9.59 Å². The number of nitrogens with zero attached hydrogens (tertiary/aromatic N) is 1. The van der Waals surface area contributed by atoms with Crippen molar-refractivity contribution in [3.8, 4) is 5.88 Å². The van der Waals surface area contributed by atoms with Gasteiger partial charge in [0, 0.05) is 13.0 Å². The molecular weight excluding hydrogens is 246 g/mol. The van der Waals surface area contributed by atoms with Crippen molar-refractivity contribution in [2.45, 2.75) is 26.8 Å². The van der Waals surface area contributed by atoms with Crippen LogP contribution in [0.1, 0.15) is 20.8 Å². The molecule has 0 saturated carbocycles. The van der Waals surface area contributed by atoms with Crippen molar-refractivity contribution < 1.29 is 14.3 Å². The van der Waals surface area contributed by atoms with Gasteiger partial charge in [-0.3, -0.25) is 9.59 Å². The van der Waals surface area contributed by atoms with Crippen LogP contribution >= 0.6 is 0 Å². The van der Waals surface area contributed by atoms with E-state index in [-0.39, 0.29) is 17.7 Å². The minimum Gasteiger partial charge on any atom is -0.481 e. The lowest BCUT2D eigenvalue weighted by Gasteiger charge is -2.20. The van der Waals surface area contributed by atoms with Gasteiger partial charge in [0.1, 0.15) is 6.04 Å². The number of amides is 2. The van der Waals surface area contributed by atoms with Gasteiger partial charge in [-0.2, -0.15) is 0 Å². The van der Waals surface area contributed by atoms with Gasteiger partial charge in [0.05, 0.1) is 19.0 Å². The molecule has 0 saturated heterocycles. The van der Waals surface area contributed by atoms with Crippen LogP contribution in [0.4, 0.5) is 5.69 Å².